The Hall–Kier alpha value is -1.76. The number of nitrogen functional groups attached to an aromatic ring is 1. The molecule has 0 radical (unpaired) electrons. The lowest BCUT2D eigenvalue weighted by Gasteiger charge is -2.34. The lowest BCUT2D eigenvalue weighted by Crippen LogP contribution is -2.47. The highest BCUT2D eigenvalue weighted by atomic mass is 32.2. The van der Waals surface area contributed by atoms with E-state index >= 15 is 0 Å². The molecule has 1 fully saturated rings. The minimum Gasteiger partial charge on any atom is -0.481 e. The van der Waals surface area contributed by atoms with E-state index in [1.54, 1.807) is 11.8 Å². The number of carboxylic acid groups (broad SMARTS) is 1. The molecule has 2 rings (SSSR count). The van der Waals surface area contributed by atoms with Gasteiger partial charge in [0.15, 0.2) is 0 Å². The summed E-state index contributed by atoms with van der Waals surface area (Å²) < 4.78 is 13.4. The van der Waals surface area contributed by atoms with Crippen molar-refractivity contribution in [2.75, 3.05) is 23.8 Å². The second-order valence-electron chi connectivity index (χ2n) is 4.56. The number of thioether (sulfide) groups is 1. The Kier molecular flexibility index (Phi) is 4.49. The van der Waals surface area contributed by atoms with E-state index in [1.165, 1.54) is 17.0 Å². The lowest BCUT2D eigenvalue weighted by molar-refractivity contribution is -0.138. The summed E-state index contributed by atoms with van der Waals surface area (Å²) >= 11 is 1.62. The Morgan fingerprint density at radius 1 is 1.50 bits per heavy atom. The van der Waals surface area contributed by atoms with Crippen LogP contribution in [0.4, 0.5) is 10.1 Å². The van der Waals surface area contributed by atoms with Gasteiger partial charge in [-0.2, -0.15) is 11.8 Å². The van der Waals surface area contributed by atoms with E-state index in [-0.39, 0.29) is 29.6 Å². The molecule has 1 aromatic carbocycles. The topological polar surface area (TPSA) is 83.6 Å². The number of nitrogens with two attached hydrogens (primary N) is 1. The van der Waals surface area contributed by atoms with Gasteiger partial charge >= 0.3 is 5.97 Å². The Labute approximate surface area is 119 Å². The van der Waals surface area contributed by atoms with Crippen molar-refractivity contribution in [3.05, 3.63) is 29.6 Å². The van der Waals surface area contributed by atoms with E-state index in [0.717, 1.165) is 11.8 Å². The number of aliphatic carboxylic acids is 1. The van der Waals surface area contributed by atoms with Gasteiger partial charge in [-0.25, -0.2) is 4.39 Å². The van der Waals surface area contributed by atoms with Gasteiger partial charge in [-0.15, -0.1) is 0 Å². The molecule has 0 aromatic heterocycles. The van der Waals surface area contributed by atoms with Gasteiger partial charge < -0.3 is 15.7 Å². The zero-order valence-electron chi connectivity index (χ0n) is 10.7. The number of hydrogen-bond donors (Lipinski definition) is 2. The lowest BCUT2D eigenvalue weighted by atomic mass is 10.1. The van der Waals surface area contributed by atoms with Gasteiger partial charge in [-0.3, -0.25) is 9.59 Å². The summed E-state index contributed by atoms with van der Waals surface area (Å²) in [6, 6.07) is 3.53. The number of benzene rings is 1. The number of rotatable bonds is 3. The molecule has 0 spiro atoms. The van der Waals surface area contributed by atoms with E-state index in [1.807, 2.05) is 0 Å². The van der Waals surface area contributed by atoms with Crippen molar-refractivity contribution in [1.29, 1.82) is 0 Å². The first-order valence-electron chi connectivity index (χ1n) is 6.14. The summed E-state index contributed by atoms with van der Waals surface area (Å²) in [7, 11) is 0. The zero-order chi connectivity index (χ0) is 14.7. The molecule has 0 bridgehead atoms. The SMILES string of the molecule is Nc1ccc(C(=O)N2CCSCC2CC(=O)O)cc1F. The number of halogens is 1. The first kappa shape index (κ1) is 14.6. The second-order valence-corrected chi connectivity index (χ2v) is 5.71. The normalized spacial score (nSPS) is 18.9. The van der Waals surface area contributed by atoms with Crippen LogP contribution in [0.3, 0.4) is 0 Å². The number of carbonyl (C=O) groups is 2. The molecule has 7 heteroatoms. The molecule has 1 saturated heterocycles. The fourth-order valence-electron chi connectivity index (χ4n) is 2.12. The van der Waals surface area contributed by atoms with Crippen LogP contribution in [0, 0.1) is 5.82 Å². The summed E-state index contributed by atoms with van der Waals surface area (Å²) in [6.45, 7) is 0.466. The van der Waals surface area contributed by atoms with Crippen LogP contribution in [0.25, 0.3) is 0 Å². The fraction of sp³-hybridized carbons (Fsp3) is 0.385. The Morgan fingerprint density at radius 3 is 2.90 bits per heavy atom. The predicted octanol–water partition coefficient (Wildman–Crippen LogP) is 1.44. The van der Waals surface area contributed by atoms with Gasteiger partial charge in [0.25, 0.3) is 5.91 Å². The maximum absolute atomic E-state index is 13.4. The van der Waals surface area contributed by atoms with Gasteiger partial charge in [0.05, 0.1) is 18.2 Å². The summed E-state index contributed by atoms with van der Waals surface area (Å²) in [5.41, 5.74) is 5.56. The van der Waals surface area contributed by atoms with Crippen molar-refractivity contribution in [2.45, 2.75) is 12.5 Å². The van der Waals surface area contributed by atoms with Crippen LogP contribution in [0.2, 0.25) is 0 Å². The third-order valence-electron chi connectivity index (χ3n) is 3.15. The van der Waals surface area contributed by atoms with Gasteiger partial charge in [0, 0.05) is 23.6 Å². The van der Waals surface area contributed by atoms with Crippen molar-refractivity contribution in [2.24, 2.45) is 0 Å². The fourth-order valence-corrected chi connectivity index (χ4v) is 3.18. The molecular formula is C13H15FN2O3S. The van der Waals surface area contributed by atoms with E-state index < -0.39 is 11.8 Å². The van der Waals surface area contributed by atoms with E-state index in [2.05, 4.69) is 0 Å². The first-order chi connectivity index (χ1) is 9.49. The van der Waals surface area contributed by atoms with E-state index in [4.69, 9.17) is 10.8 Å². The molecule has 1 unspecified atom stereocenters. The molecule has 1 atom stereocenters. The molecule has 3 N–H and O–H groups in total. The van der Waals surface area contributed by atoms with Crippen LogP contribution < -0.4 is 5.73 Å². The van der Waals surface area contributed by atoms with Crippen LogP contribution in [-0.4, -0.2) is 46.0 Å². The summed E-state index contributed by atoms with van der Waals surface area (Å²) in [5, 5.41) is 8.89. The predicted molar refractivity (Wildman–Crippen MR) is 75.2 cm³/mol. The minimum atomic E-state index is -0.946. The summed E-state index contributed by atoms with van der Waals surface area (Å²) in [6.07, 6.45) is -0.101. The van der Waals surface area contributed by atoms with Crippen molar-refractivity contribution < 1.29 is 19.1 Å². The average molecular weight is 298 g/mol. The van der Waals surface area contributed by atoms with Crippen LogP contribution in [0.1, 0.15) is 16.8 Å². The highest BCUT2D eigenvalue weighted by molar-refractivity contribution is 7.99. The average Bonchev–Trinajstić information content (AvgIpc) is 2.41. The van der Waals surface area contributed by atoms with Crippen molar-refractivity contribution in [3.63, 3.8) is 0 Å². The van der Waals surface area contributed by atoms with Crippen LogP contribution in [0.15, 0.2) is 18.2 Å². The van der Waals surface area contributed by atoms with E-state index in [9.17, 15) is 14.0 Å². The van der Waals surface area contributed by atoms with Crippen molar-refractivity contribution in [3.8, 4) is 0 Å². The molecule has 1 amide bonds. The number of nitrogens with zero attached hydrogens (tertiary/aromatic N) is 1. The molecule has 1 heterocycles. The molecule has 1 aliphatic heterocycles. The van der Waals surface area contributed by atoms with E-state index in [0.29, 0.717) is 12.3 Å². The van der Waals surface area contributed by atoms with Gasteiger partial charge in [0.2, 0.25) is 0 Å². The third kappa shape index (κ3) is 3.22. The Balaban J connectivity index is 2.20. The van der Waals surface area contributed by atoms with Crippen molar-refractivity contribution in [1.82, 2.24) is 4.90 Å². The molecular weight excluding hydrogens is 283 g/mol. The minimum absolute atomic E-state index is 0.0159. The third-order valence-corrected chi connectivity index (χ3v) is 4.24. The van der Waals surface area contributed by atoms with Crippen LogP contribution >= 0.6 is 11.8 Å². The van der Waals surface area contributed by atoms with Gasteiger partial charge in [-0.05, 0) is 18.2 Å². The zero-order valence-corrected chi connectivity index (χ0v) is 11.5. The quantitative estimate of drug-likeness (QED) is 0.825. The largest absolute Gasteiger partial charge is 0.481 e. The number of amides is 1. The highest BCUT2D eigenvalue weighted by Gasteiger charge is 2.29. The maximum Gasteiger partial charge on any atom is 0.305 e. The Morgan fingerprint density at radius 2 is 2.25 bits per heavy atom. The molecule has 1 aliphatic rings. The number of anilines is 1. The molecule has 5 nitrogen and oxygen atoms in total. The molecule has 1 aromatic rings. The monoisotopic (exact) mass is 298 g/mol. The summed E-state index contributed by atoms with van der Waals surface area (Å²) in [4.78, 5) is 24.7. The highest BCUT2D eigenvalue weighted by Crippen LogP contribution is 2.22. The smallest absolute Gasteiger partial charge is 0.305 e. The number of carbonyl (C=O) groups excluding carboxylic acids is 1. The summed E-state index contributed by atoms with van der Waals surface area (Å²) in [5.74, 6) is -0.610. The second kappa shape index (κ2) is 6.13. The standard InChI is InChI=1S/C13H15FN2O3S/c14-10-5-8(1-2-11(10)15)13(19)16-3-4-20-7-9(16)6-12(17)18/h1-2,5,9H,3-4,6-7,15H2,(H,17,18). The molecule has 0 saturated carbocycles. The number of hydrogen-bond acceptors (Lipinski definition) is 4. The molecule has 108 valence electrons. The maximum atomic E-state index is 13.4. The van der Waals surface area contributed by atoms with Crippen molar-refractivity contribution >= 4 is 29.3 Å². The van der Waals surface area contributed by atoms with Gasteiger partial charge in [0.1, 0.15) is 5.82 Å². The first-order valence-corrected chi connectivity index (χ1v) is 7.30. The molecule has 20 heavy (non-hydrogen) atoms. The Bertz CT molecular complexity index is 538. The van der Waals surface area contributed by atoms with Crippen LogP contribution in [0.5, 0.6) is 0 Å². The molecule has 0 aliphatic carbocycles. The van der Waals surface area contributed by atoms with Gasteiger partial charge in [-0.1, -0.05) is 0 Å². The van der Waals surface area contributed by atoms with Crippen LogP contribution in [-0.2, 0) is 4.79 Å². The number of carboxylic acids is 1.